The van der Waals surface area contributed by atoms with Gasteiger partial charge in [0.25, 0.3) is 0 Å². The zero-order valence-electron chi connectivity index (χ0n) is 17.7. The van der Waals surface area contributed by atoms with Gasteiger partial charge in [-0.15, -0.1) is 0 Å². The summed E-state index contributed by atoms with van der Waals surface area (Å²) in [5.74, 6) is 2.91. The first-order valence-electron chi connectivity index (χ1n) is 10.1. The van der Waals surface area contributed by atoms with Crippen LogP contribution >= 0.6 is 11.6 Å². The van der Waals surface area contributed by atoms with Gasteiger partial charge in [0, 0.05) is 47.7 Å². The maximum atomic E-state index is 6.71. The fourth-order valence-electron chi connectivity index (χ4n) is 4.53. The summed E-state index contributed by atoms with van der Waals surface area (Å²) in [7, 11) is 3.18. The van der Waals surface area contributed by atoms with Gasteiger partial charge in [-0.05, 0) is 19.4 Å². The molecule has 1 aromatic carbocycles. The van der Waals surface area contributed by atoms with Crippen LogP contribution in [0.25, 0.3) is 22.3 Å². The van der Waals surface area contributed by atoms with Crippen molar-refractivity contribution in [3.05, 3.63) is 28.9 Å². The Morgan fingerprint density at radius 2 is 1.94 bits per heavy atom. The van der Waals surface area contributed by atoms with Gasteiger partial charge in [0.2, 0.25) is 0 Å². The summed E-state index contributed by atoms with van der Waals surface area (Å²) < 4.78 is 16.6. The van der Waals surface area contributed by atoms with Crippen LogP contribution in [-0.2, 0) is 4.74 Å². The molecule has 0 amide bonds. The first kappa shape index (κ1) is 20.1. The number of ether oxygens (including phenoxy) is 3. The number of pyridine rings is 1. The number of benzene rings is 1. The second-order valence-electron chi connectivity index (χ2n) is 8.25. The molecule has 0 atom stereocenters. The van der Waals surface area contributed by atoms with Crippen molar-refractivity contribution >= 4 is 34.1 Å². The molecule has 8 nitrogen and oxygen atoms in total. The third-order valence-electron chi connectivity index (χ3n) is 6.23. The average molecular weight is 442 g/mol. The highest BCUT2D eigenvalue weighted by atomic mass is 35.5. The summed E-state index contributed by atoms with van der Waals surface area (Å²) in [6.07, 6.45) is 2.75. The lowest BCUT2D eigenvalue weighted by molar-refractivity contribution is 0.131. The van der Waals surface area contributed by atoms with Crippen molar-refractivity contribution in [2.45, 2.75) is 13.3 Å². The maximum absolute atomic E-state index is 6.71. The molecule has 0 bridgehead atoms. The molecule has 2 aromatic heterocycles. The molecule has 0 aliphatic carbocycles. The van der Waals surface area contributed by atoms with E-state index in [1.807, 2.05) is 13.0 Å². The highest BCUT2D eigenvalue weighted by Gasteiger charge is 2.46. The molecule has 2 fully saturated rings. The number of halogens is 1. The lowest BCUT2D eigenvalue weighted by atomic mass is 9.79. The predicted octanol–water partition coefficient (Wildman–Crippen LogP) is 3.48. The van der Waals surface area contributed by atoms with E-state index in [-0.39, 0.29) is 5.41 Å². The van der Waals surface area contributed by atoms with E-state index < -0.39 is 0 Å². The molecule has 0 unspecified atom stereocenters. The Bertz CT molecular complexity index is 1140. The minimum atomic E-state index is 0.211. The van der Waals surface area contributed by atoms with E-state index in [2.05, 4.69) is 9.88 Å². The van der Waals surface area contributed by atoms with Gasteiger partial charge in [-0.3, -0.25) is 0 Å². The number of hydrogen-bond acceptors (Lipinski definition) is 8. The van der Waals surface area contributed by atoms with E-state index in [4.69, 9.17) is 41.5 Å². The Hall–Kier alpha value is -2.84. The van der Waals surface area contributed by atoms with Gasteiger partial charge in [-0.1, -0.05) is 11.6 Å². The number of anilines is 2. The topological polar surface area (TPSA) is 95.6 Å². The normalized spacial score (nSPS) is 17.2. The van der Waals surface area contributed by atoms with Gasteiger partial charge in [-0.2, -0.15) is 0 Å². The van der Waals surface area contributed by atoms with Crippen LogP contribution in [0.4, 0.5) is 11.6 Å². The lowest BCUT2D eigenvalue weighted by Crippen LogP contribution is -2.57. The lowest BCUT2D eigenvalue weighted by Gasteiger charge is -2.48. The van der Waals surface area contributed by atoms with Crippen molar-refractivity contribution in [3.63, 3.8) is 0 Å². The Kier molecular flexibility index (Phi) is 4.79. The predicted molar refractivity (Wildman–Crippen MR) is 120 cm³/mol. The summed E-state index contributed by atoms with van der Waals surface area (Å²) in [5, 5.41) is 1.31. The molecule has 4 heterocycles. The highest BCUT2D eigenvalue weighted by molar-refractivity contribution is 6.35. The Labute approximate surface area is 185 Å². The van der Waals surface area contributed by atoms with Gasteiger partial charge < -0.3 is 24.8 Å². The van der Waals surface area contributed by atoms with Crippen LogP contribution in [0.2, 0.25) is 5.02 Å². The van der Waals surface area contributed by atoms with Crippen LogP contribution in [-0.4, -0.2) is 55.5 Å². The fourth-order valence-corrected chi connectivity index (χ4v) is 4.88. The fraction of sp³-hybridized carbons (Fsp3) is 0.409. The van der Waals surface area contributed by atoms with Gasteiger partial charge in [0.05, 0.1) is 37.6 Å². The molecule has 9 heteroatoms. The molecule has 1 spiro atoms. The number of aromatic nitrogens is 3. The number of rotatable bonds is 4. The molecule has 2 saturated heterocycles. The monoisotopic (exact) mass is 441 g/mol. The summed E-state index contributed by atoms with van der Waals surface area (Å²) >= 11 is 6.71. The minimum absolute atomic E-state index is 0.211. The largest absolute Gasteiger partial charge is 0.496 e. The second kappa shape index (κ2) is 7.39. The van der Waals surface area contributed by atoms with Crippen LogP contribution in [0.3, 0.4) is 0 Å². The number of methoxy groups -OCH3 is 2. The molecule has 2 aliphatic rings. The van der Waals surface area contributed by atoms with Crippen LogP contribution in [0.1, 0.15) is 12.0 Å². The molecule has 162 valence electrons. The molecule has 31 heavy (non-hydrogen) atoms. The van der Waals surface area contributed by atoms with Crippen molar-refractivity contribution in [3.8, 4) is 22.9 Å². The van der Waals surface area contributed by atoms with Crippen LogP contribution in [0, 0.1) is 12.3 Å². The number of hydrogen-bond donors (Lipinski definition) is 1. The average Bonchev–Trinajstić information content (AvgIpc) is 3.23. The van der Waals surface area contributed by atoms with Crippen LogP contribution < -0.4 is 20.1 Å². The minimum Gasteiger partial charge on any atom is -0.496 e. The second-order valence-corrected chi connectivity index (χ2v) is 8.63. The zero-order valence-corrected chi connectivity index (χ0v) is 18.5. The smallest absolute Gasteiger partial charge is 0.164 e. The van der Waals surface area contributed by atoms with Gasteiger partial charge >= 0.3 is 0 Å². The molecule has 2 N–H and O–H groups in total. The van der Waals surface area contributed by atoms with E-state index in [1.54, 1.807) is 26.5 Å². The van der Waals surface area contributed by atoms with Crippen molar-refractivity contribution in [2.24, 2.45) is 5.41 Å². The summed E-state index contributed by atoms with van der Waals surface area (Å²) in [4.78, 5) is 16.2. The molecule has 0 radical (unpaired) electrons. The molecule has 0 saturated carbocycles. The van der Waals surface area contributed by atoms with E-state index >= 15 is 0 Å². The van der Waals surface area contributed by atoms with Crippen LogP contribution in [0.15, 0.2) is 18.3 Å². The van der Waals surface area contributed by atoms with E-state index in [0.29, 0.717) is 39.2 Å². The Balaban J connectivity index is 1.69. The summed E-state index contributed by atoms with van der Waals surface area (Å²) in [6, 6.07) is 3.59. The summed E-state index contributed by atoms with van der Waals surface area (Å²) in [5.41, 5.74) is 8.41. The third kappa shape index (κ3) is 3.21. The van der Waals surface area contributed by atoms with Crippen molar-refractivity contribution in [1.29, 1.82) is 0 Å². The molecule has 3 aromatic rings. The van der Waals surface area contributed by atoms with Crippen LogP contribution in [0.5, 0.6) is 11.5 Å². The quantitative estimate of drug-likeness (QED) is 0.657. The zero-order chi connectivity index (χ0) is 21.8. The van der Waals surface area contributed by atoms with Crippen molar-refractivity contribution in [1.82, 2.24) is 15.0 Å². The van der Waals surface area contributed by atoms with Gasteiger partial charge in [-0.25, -0.2) is 15.0 Å². The SMILES string of the molecule is COc1cc(OC)c(Cl)c(-c2nc(N3CC4(CCOC4)C3)c3cc(N)ncc3n2)c1C. The van der Waals surface area contributed by atoms with Gasteiger partial charge in [0.15, 0.2) is 5.82 Å². The van der Waals surface area contributed by atoms with Crippen molar-refractivity contribution in [2.75, 3.05) is 51.2 Å². The Morgan fingerprint density at radius 3 is 2.61 bits per heavy atom. The first-order chi connectivity index (χ1) is 14.9. The first-order valence-corrected chi connectivity index (χ1v) is 10.5. The number of fused-ring (bicyclic) bond motifs is 1. The number of nitrogens with two attached hydrogens (primary N) is 1. The number of nitrogen functional groups attached to an aromatic ring is 1. The Morgan fingerprint density at radius 1 is 1.16 bits per heavy atom. The summed E-state index contributed by atoms with van der Waals surface area (Å²) in [6.45, 7) is 5.31. The molecule has 5 rings (SSSR count). The molecular formula is C22H24ClN5O3. The van der Waals surface area contributed by atoms with E-state index in [9.17, 15) is 0 Å². The van der Waals surface area contributed by atoms with Crippen molar-refractivity contribution < 1.29 is 14.2 Å². The maximum Gasteiger partial charge on any atom is 0.164 e. The third-order valence-corrected chi connectivity index (χ3v) is 6.60. The standard InChI is InChI=1S/C22H24ClN5O3/c1-12-15(29-2)7-16(30-3)19(23)18(12)20-26-14-8-25-17(24)6-13(14)21(27-20)28-9-22(10-28)4-5-31-11-22/h6-8H,4-5,9-11H2,1-3H3,(H2,24,25). The van der Waals surface area contributed by atoms with E-state index in [1.165, 1.54) is 0 Å². The molecule has 2 aliphatic heterocycles. The van der Waals surface area contributed by atoms with E-state index in [0.717, 1.165) is 49.5 Å². The number of nitrogens with zero attached hydrogens (tertiary/aromatic N) is 4. The molecular weight excluding hydrogens is 418 g/mol. The van der Waals surface area contributed by atoms with Gasteiger partial charge in [0.1, 0.15) is 23.1 Å². The highest BCUT2D eigenvalue weighted by Crippen LogP contribution is 2.45.